The number of likely N-dealkylation sites (tertiary alicyclic amines) is 1. The number of ether oxygens (including phenoxy) is 1. The van der Waals surface area contributed by atoms with E-state index in [1.54, 1.807) is 14.1 Å². The molecule has 7 nitrogen and oxygen atoms in total. The first-order chi connectivity index (χ1) is 9.88. The van der Waals surface area contributed by atoms with Crippen molar-refractivity contribution >= 4 is 23.6 Å². The maximum Gasteiger partial charge on any atom is 0.409 e. The van der Waals surface area contributed by atoms with E-state index in [2.05, 4.69) is 4.98 Å². The van der Waals surface area contributed by atoms with Gasteiger partial charge in [-0.25, -0.2) is 9.78 Å². The Morgan fingerprint density at radius 3 is 2.90 bits per heavy atom. The van der Waals surface area contributed by atoms with Crippen molar-refractivity contribution in [2.75, 3.05) is 27.2 Å². The van der Waals surface area contributed by atoms with E-state index in [-0.39, 0.29) is 35.0 Å². The lowest BCUT2D eigenvalue weighted by atomic mass is 10.2. The van der Waals surface area contributed by atoms with Gasteiger partial charge in [-0.2, -0.15) is 0 Å². The zero-order chi connectivity index (χ0) is 15.6. The van der Waals surface area contributed by atoms with Gasteiger partial charge < -0.3 is 19.6 Å². The molecule has 0 radical (unpaired) electrons. The first-order valence-corrected chi connectivity index (χ1v) is 6.78. The van der Waals surface area contributed by atoms with Gasteiger partial charge >= 0.3 is 6.09 Å². The number of rotatable bonds is 2. The average Bonchev–Trinajstić information content (AvgIpc) is 2.89. The first-order valence-electron chi connectivity index (χ1n) is 6.40. The van der Waals surface area contributed by atoms with Crippen LogP contribution in [-0.2, 0) is 4.74 Å². The summed E-state index contributed by atoms with van der Waals surface area (Å²) < 4.78 is 5.24. The van der Waals surface area contributed by atoms with Crippen LogP contribution in [0.1, 0.15) is 16.8 Å². The molecule has 1 aliphatic rings. The SMILES string of the molecule is CN(C)C(=O)OC1CCN(C(=O)c2cc(Cl)ncc2O)C1. The molecule has 1 aliphatic heterocycles. The van der Waals surface area contributed by atoms with E-state index in [0.29, 0.717) is 13.0 Å². The fraction of sp³-hybridized carbons (Fsp3) is 0.462. The quantitative estimate of drug-likeness (QED) is 0.833. The van der Waals surface area contributed by atoms with Crippen molar-refractivity contribution in [3.63, 3.8) is 0 Å². The standard InChI is InChI=1S/C13H16ClN3O4/c1-16(2)13(20)21-8-3-4-17(7-8)12(19)9-5-11(14)15-6-10(9)18/h5-6,8,18H,3-4,7H2,1-2H3. The van der Waals surface area contributed by atoms with Crippen LogP contribution < -0.4 is 0 Å². The molecular formula is C13H16ClN3O4. The molecule has 0 aromatic carbocycles. The van der Waals surface area contributed by atoms with Crippen molar-refractivity contribution in [3.8, 4) is 5.75 Å². The van der Waals surface area contributed by atoms with Crippen LogP contribution in [0.3, 0.4) is 0 Å². The highest BCUT2D eigenvalue weighted by Crippen LogP contribution is 2.23. The van der Waals surface area contributed by atoms with Crippen molar-refractivity contribution in [1.82, 2.24) is 14.8 Å². The fourth-order valence-electron chi connectivity index (χ4n) is 2.02. The third kappa shape index (κ3) is 3.55. The zero-order valence-electron chi connectivity index (χ0n) is 11.7. The highest BCUT2D eigenvalue weighted by atomic mass is 35.5. The lowest BCUT2D eigenvalue weighted by Gasteiger charge is -2.18. The van der Waals surface area contributed by atoms with Crippen molar-refractivity contribution in [2.45, 2.75) is 12.5 Å². The second-order valence-electron chi connectivity index (χ2n) is 4.96. The van der Waals surface area contributed by atoms with Crippen LogP contribution in [0, 0.1) is 0 Å². The Morgan fingerprint density at radius 2 is 2.24 bits per heavy atom. The van der Waals surface area contributed by atoms with E-state index in [4.69, 9.17) is 16.3 Å². The fourth-order valence-corrected chi connectivity index (χ4v) is 2.18. The number of pyridine rings is 1. The number of hydrogen-bond donors (Lipinski definition) is 1. The summed E-state index contributed by atoms with van der Waals surface area (Å²) in [6.07, 6.45) is 0.910. The Hall–Kier alpha value is -2.02. The number of nitrogens with zero attached hydrogens (tertiary/aromatic N) is 3. The molecule has 0 bridgehead atoms. The molecule has 1 saturated heterocycles. The summed E-state index contributed by atoms with van der Waals surface area (Å²) >= 11 is 5.73. The molecule has 0 saturated carbocycles. The van der Waals surface area contributed by atoms with Crippen molar-refractivity contribution in [3.05, 3.63) is 23.0 Å². The molecule has 2 amide bonds. The van der Waals surface area contributed by atoms with Crippen LogP contribution in [0.2, 0.25) is 5.15 Å². The average molecular weight is 314 g/mol. The minimum absolute atomic E-state index is 0.0922. The Kier molecular flexibility index (Phi) is 4.52. The number of aromatic hydroxyl groups is 1. The molecule has 1 aromatic heterocycles. The lowest BCUT2D eigenvalue weighted by Crippen LogP contribution is -2.33. The van der Waals surface area contributed by atoms with Crippen molar-refractivity contribution in [2.24, 2.45) is 0 Å². The van der Waals surface area contributed by atoms with E-state index in [1.165, 1.54) is 15.9 Å². The van der Waals surface area contributed by atoms with Crippen LogP contribution in [0.15, 0.2) is 12.3 Å². The first kappa shape index (κ1) is 15.4. The minimum atomic E-state index is -0.441. The number of aromatic nitrogens is 1. The summed E-state index contributed by atoms with van der Waals surface area (Å²) in [5, 5.41) is 9.82. The van der Waals surface area contributed by atoms with E-state index in [0.717, 1.165) is 6.20 Å². The molecule has 1 N–H and O–H groups in total. The van der Waals surface area contributed by atoms with E-state index in [1.807, 2.05) is 0 Å². The van der Waals surface area contributed by atoms with Gasteiger partial charge in [-0.05, 0) is 6.07 Å². The van der Waals surface area contributed by atoms with Gasteiger partial charge in [0.2, 0.25) is 0 Å². The second-order valence-corrected chi connectivity index (χ2v) is 5.35. The molecule has 114 valence electrons. The summed E-state index contributed by atoms with van der Waals surface area (Å²) in [5.74, 6) is -0.585. The normalized spacial score (nSPS) is 17.7. The Morgan fingerprint density at radius 1 is 1.52 bits per heavy atom. The number of amides is 2. The Bertz CT molecular complexity index is 564. The van der Waals surface area contributed by atoms with Gasteiger partial charge in [0.15, 0.2) is 0 Å². The molecule has 2 rings (SSSR count). The number of halogens is 1. The summed E-state index contributed by atoms with van der Waals surface area (Å²) in [4.78, 5) is 30.3. The molecule has 1 unspecified atom stereocenters. The molecular weight excluding hydrogens is 298 g/mol. The number of carbonyl (C=O) groups is 2. The van der Waals surface area contributed by atoms with Gasteiger partial charge in [0, 0.05) is 27.1 Å². The van der Waals surface area contributed by atoms with Crippen LogP contribution in [0.25, 0.3) is 0 Å². The molecule has 2 heterocycles. The van der Waals surface area contributed by atoms with Crippen LogP contribution in [0.4, 0.5) is 4.79 Å². The molecule has 1 aromatic rings. The van der Waals surface area contributed by atoms with E-state index < -0.39 is 6.09 Å². The predicted molar refractivity (Wildman–Crippen MR) is 75.4 cm³/mol. The number of carbonyl (C=O) groups excluding carboxylic acids is 2. The van der Waals surface area contributed by atoms with Crippen LogP contribution >= 0.6 is 11.6 Å². The monoisotopic (exact) mass is 313 g/mol. The summed E-state index contributed by atoms with van der Waals surface area (Å²) in [6, 6.07) is 1.32. The molecule has 8 heteroatoms. The summed E-state index contributed by atoms with van der Waals surface area (Å²) in [6.45, 7) is 0.737. The number of hydrogen-bond acceptors (Lipinski definition) is 5. The molecule has 1 fully saturated rings. The predicted octanol–water partition coefficient (Wildman–Crippen LogP) is 1.35. The van der Waals surface area contributed by atoms with Crippen LogP contribution in [-0.4, -0.2) is 65.2 Å². The summed E-state index contributed by atoms with van der Waals surface area (Å²) in [5.41, 5.74) is 0.0922. The largest absolute Gasteiger partial charge is 0.505 e. The maximum absolute atomic E-state index is 12.3. The minimum Gasteiger partial charge on any atom is -0.505 e. The van der Waals surface area contributed by atoms with Crippen LogP contribution in [0.5, 0.6) is 5.75 Å². The molecule has 1 atom stereocenters. The van der Waals surface area contributed by atoms with Gasteiger partial charge in [0.1, 0.15) is 17.0 Å². The second kappa shape index (κ2) is 6.17. The smallest absolute Gasteiger partial charge is 0.409 e. The Balaban J connectivity index is 2.02. The molecule has 0 aliphatic carbocycles. The zero-order valence-corrected chi connectivity index (χ0v) is 12.5. The molecule has 0 spiro atoms. The third-order valence-electron chi connectivity index (χ3n) is 3.14. The van der Waals surface area contributed by atoms with Crippen molar-refractivity contribution in [1.29, 1.82) is 0 Å². The van der Waals surface area contributed by atoms with E-state index in [9.17, 15) is 14.7 Å². The summed E-state index contributed by atoms with van der Waals surface area (Å²) in [7, 11) is 3.19. The van der Waals surface area contributed by atoms with Gasteiger partial charge in [-0.3, -0.25) is 4.79 Å². The third-order valence-corrected chi connectivity index (χ3v) is 3.35. The maximum atomic E-state index is 12.3. The van der Waals surface area contributed by atoms with Gasteiger partial charge in [0.25, 0.3) is 5.91 Å². The van der Waals surface area contributed by atoms with Crippen molar-refractivity contribution < 1.29 is 19.4 Å². The van der Waals surface area contributed by atoms with Gasteiger partial charge in [-0.1, -0.05) is 11.6 Å². The molecule has 21 heavy (non-hydrogen) atoms. The topological polar surface area (TPSA) is 83.0 Å². The lowest BCUT2D eigenvalue weighted by molar-refractivity contribution is 0.0663. The highest BCUT2D eigenvalue weighted by Gasteiger charge is 2.31. The van der Waals surface area contributed by atoms with Gasteiger partial charge in [0.05, 0.1) is 18.3 Å². The van der Waals surface area contributed by atoms with Gasteiger partial charge in [-0.15, -0.1) is 0 Å². The highest BCUT2D eigenvalue weighted by molar-refractivity contribution is 6.29. The Labute approximate surface area is 127 Å². The van der Waals surface area contributed by atoms with E-state index >= 15 is 0 Å².